The molecule has 0 bridgehead atoms. The molecule has 4 nitrogen and oxygen atoms in total. The molecular weight excluding hydrogens is 286 g/mol. The minimum absolute atomic E-state index is 0.0137. The third-order valence-electron chi connectivity index (χ3n) is 3.56. The standard InChI is InChI=1S/C16H16ClN3O/c17-13-3-1-2-12(10-13)11-19-8-9-20(16(19)21)15-6-4-14(18)5-7-15/h1-7,10H,8-9,11,18H2. The van der Waals surface area contributed by atoms with E-state index in [0.29, 0.717) is 30.3 Å². The van der Waals surface area contributed by atoms with Crippen molar-refractivity contribution in [1.82, 2.24) is 4.90 Å². The number of carbonyl (C=O) groups excluding carboxylic acids is 1. The van der Waals surface area contributed by atoms with Crippen LogP contribution in [0, 0.1) is 0 Å². The predicted octanol–water partition coefficient (Wildman–Crippen LogP) is 3.36. The van der Waals surface area contributed by atoms with Crippen molar-refractivity contribution < 1.29 is 4.79 Å². The van der Waals surface area contributed by atoms with Gasteiger partial charge in [0.05, 0.1) is 0 Å². The van der Waals surface area contributed by atoms with Gasteiger partial charge in [-0.05, 0) is 42.0 Å². The third kappa shape index (κ3) is 2.95. The van der Waals surface area contributed by atoms with Crippen molar-refractivity contribution in [2.45, 2.75) is 6.54 Å². The summed E-state index contributed by atoms with van der Waals surface area (Å²) < 4.78 is 0. The molecule has 0 spiro atoms. The topological polar surface area (TPSA) is 49.6 Å². The zero-order valence-electron chi connectivity index (χ0n) is 11.5. The average molecular weight is 302 g/mol. The van der Waals surface area contributed by atoms with Gasteiger partial charge in [0.15, 0.2) is 0 Å². The lowest BCUT2D eigenvalue weighted by Crippen LogP contribution is -2.31. The number of nitrogen functional groups attached to an aromatic ring is 1. The van der Waals surface area contributed by atoms with E-state index in [-0.39, 0.29) is 6.03 Å². The minimum atomic E-state index is 0.0137. The molecule has 0 unspecified atom stereocenters. The Kier molecular flexibility index (Phi) is 3.71. The van der Waals surface area contributed by atoms with E-state index < -0.39 is 0 Å². The van der Waals surface area contributed by atoms with Crippen LogP contribution >= 0.6 is 11.6 Å². The van der Waals surface area contributed by atoms with E-state index in [1.165, 1.54) is 0 Å². The van der Waals surface area contributed by atoms with Gasteiger partial charge < -0.3 is 10.6 Å². The zero-order valence-corrected chi connectivity index (χ0v) is 12.3. The van der Waals surface area contributed by atoms with Crippen LogP contribution in [0.1, 0.15) is 5.56 Å². The van der Waals surface area contributed by atoms with Crippen LogP contribution in [-0.2, 0) is 6.54 Å². The van der Waals surface area contributed by atoms with Gasteiger partial charge in [0.1, 0.15) is 0 Å². The molecule has 0 atom stereocenters. The second kappa shape index (κ2) is 5.66. The molecule has 2 aromatic carbocycles. The van der Waals surface area contributed by atoms with Gasteiger partial charge in [0.25, 0.3) is 0 Å². The number of halogens is 1. The number of hydrogen-bond donors (Lipinski definition) is 1. The van der Waals surface area contributed by atoms with Crippen LogP contribution in [0.3, 0.4) is 0 Å². The van der Waals surface area contributed by atoms with Gasteiger partial charge >= 0.3 is 6.03 Å². The van der Waals surface area contributed by atoms with Gasteiger partial charge in [-0.15, -0.1) is 0 Å². The van der Waals surface area contributed by atoms with E-state index in [1.807, 2.05) is 53.4 Å². The highest BCUT2D eigenvalue weighted by molar-refractivity contribution is 6.30. The summed E-state index contributed by atoms with van der Waals surface area (Å²) >= 11 is 5.98. The van der Waals surface area contributed by atoms with Gasteiger partial charge in [-0.1, -0.05) is 23.7 Å². The number of rotatable bonds is 3. The third-order valence-corrected chi connectivity index (χ3v) is 3.80. The van der Waals surface area contributed by atoms with Gasteiger partial charge in [-0.2, -0.15) is 0 Å². The SMILES string of the molecule is Nc1ccc(N2CCN(Cc3cccc(Cl)c3)C2=O)cc1. The Morgan fingerprint density at radius 1 is 1.10 bits per heavy atom. The van der Waals surface area contributed by atoms with Crippen LogP contribution in [0.4, 0.5) is 16.2 Å². The molecule has 3 rings (SSSR count). The summed E-state index contributed by atoms with van der Waals surface area (Å²) in [6, 6.07) is 15.0. The number of carbonyl (C=O) groups is 1. The summed E-state index contributed by atoms with van der Waals surface area (Å²) in [5.74, 6) is 0. The van der Waals surface area contributed by atoms with Gasteiger partial charge in [0.2, 0.25) is 0 Å². The van der Waals surface area contributed by atoms with Crippen molar-refractivity contribution in [2.75, 3.05) is 23.7 Å². The molecule has 2 aromatic rings. The molecule has 0 aliphatic carbocycles. The number of urea groups is 1. The number of anilines is 2. The summed E-state index contributed by atoms with van der Waals surface area (Å²) in [5, 5.41) is 0.689. The summed E-state index contributed by atoms with van der Waals surface area (Å²) in [7, 11) is 0. The highest BCUT2D eigenvalue weighted by Crippen LogP contribution is 2.23. The first-order chi connectivity index (χ1) is 10.1. The van der Waals surface area contributed by atoms with Crippen molar-refractivity contribution in [3.63, 3.8) is 0 Å². The molecular formula is C16H16ClN3O. The summed E-state index contributed by atoms with van der Waals surface area (Å²) in [6.45, 7) is 1.96. The number of nitrogens with two attached hydrogens (primary N) is 1. The minimum Gasteiger partial charge on any atom is -0.399 e. The number of nitrogens with zero attached hydrogens (tertiary/aromatic N) is 2. The largest absolute Gasteiger partial charge is 0.399 e. The van der Waals surface area contributed by atoms with Crippen LogP contribution in [0.25, 0.3) is 0 Å². The zero-order chi connectivity index (χ0) is 14.8. The second-order valence-corrected chi connectivity index (χ2v) is 5.51. The molecule has 2 N–H and O–H groups in total. The molecule has 108 valence electrons. The van der Waals surface area contributed by atoms with Crippen LogP contribution in [0.15, 0.2) is 48.5 Å². The van der Waals surface area contributed by atoms with Crippen LogP contribution in [0.5, 0.6) is 0 Å². The maximum Gasteiger partial charge on any atom is 0.324 e. The molecule has 0 aromatic heterocycles. The molecule has 1 aliphatic rings. The van der Waals surface area contributed by atoms with Crippen LogP contribution in [0.2, 0.25) is 5.02 Å². The van der Waals surface area contributed by atoms with Crippen molar-refractivity contribution >= 4 is 29.0 Å². The summed E-state index contributed by atoms with van der Waals surface area (Å²) in [4.78, 5) is 16.1. The lowest BCUT2D eigenvalue weighted by Gasteiger charge is -2.19. The number of amides is 2. The Hall–Kier alpha value is -2.20. The first kappa shape index (κ1) is 13.8. The second-order valence-electron chi connectivity index (χ2n) is 5.08. The smallest absolute Gasteiger partial charge is 0.324 e. The van der Waals surface area contributed by atoms with E-state index in [0.717, 1.165) is 11.3 Å². The molecule has 1 fully saturated rings. The van der Waals surface area contributed by atoms with Crippen molar-refractivity contribution in [1.29, 1.82) is 0 Å². The van der Waals surface area contributed by atoms with Crippen LogP contribution in [-0.4, -0.2) is 24.0 Å². The number of hydrogen-bond acceptors (Lipinski definition) is 2. The lowest BCUT2D eigenvalue weighted by molar-refractivity contribution is 0.219. The Morgan fingerprint density at radius 2 is 1.86 bits per heavy atom. The summed E-state index contributed by atoms with van der Waals surface area (Å²) in [6.07, 6.45) is 0. The quantitative estimate of drug-likeness (QED) is 0.884. The van der Waals surface area contributed by atoms with Gasteiger partial charge in [-0.25, -0.2) is 4.79 Å². The molecule has 1 saturated heterocycles. The van der Waals surface area contributed by atoms with Crippen molar-refractivity contribution in [2.24, 2.45) is 0 Å². The Bertz CT molecular complexity index is 657. The first-order valence-corrected chi connectivity index (χ1v) is 7.18. The van der Waals surface area contributed by atoms with E-state index in [4.69, 9.17) is 17.3 Å². The Balaban J connectivity index is 1.73. The van der Waals surface area contributed by atoms with Gasteiger partial charge in [0, 0.05) is 36.0 Å². The molecule has 21 heavy (non-hydrogen) atoms. The molecule has 0 saturated carbocycles. The fraction of sp³-hybridized carbons (Fsp3) is 0.188. The fourth-order valence-corrected chi connectivity index (χ4v) is 2.69. The first-order valence-electron chi connectivity index (χ1n) is 6.80. The van der Waals surface area contributed by atoms with Crippen LogP contribution < -0.4 is 10.6 Å². The maximum absolute atomic E-state index is 12.5. The highest BCUT2D eigenvalue weighted by Gasteiger charge is 2.29. The van der Waals surface area contributed by atoms with E-state index in [2.05, 4.69) is 0 Å². The highest BCUT2D eigenvalue weighted by atomic mass is 35.5. The molecule has 1 heterocycles. The molecule has 5 heteroatoms. The van der Waals surface area contributed by atoms with Crippen molar-refractivity contribution in [3.05, 3.63) is 59.1 Å². The van der Waals surface area contributed by atoms with E-state index in [1.54, 1.807) is 4.90 Å². The number of benzene rings is 2. The van der Waals surface area contributed by atoms with E-state index in [9.17, 15) is 4.79 Å². The summed E-state index contributed by atoms with van der Waals surface area (Å²) in [5.41, 5.74) is 8.29. The lowest BCUT2D eigenvalue weighted by atomic mass is 10.2. The van der Waals surface area contributed by atoms with E-state index >= 15 is 0 Å². The normalized spacial score (nSPS) is 14.8. The molecule has 2 amide bonds. The van der Waals surface area contributed by atoms with Gasteiger partial charge in [-0.3, -0.25) is 4.90 Å². The molecule has 0 radical (unpaired) electrons. The average Bonchev–Trinajstić information content (AvgIpc) is 2.81. The Morgan fingerprint density at radius 3 is 2.57 bits per heavy atom. The maximum atomic E-state index is 12.5. The monoisotopic (exact) mass is 301 g/mol. The Labute approximate surface area is 128 Å². The molecule has 1 aliphatic heterocycles. The predicted molar refractivity (Wildman–Crippen MR) is 85.5 cm³/mol. The fourth-order valence-electron chi connectivity index (χ4n) is 2.48. The van der Waals surface area contributed by atoms with Crippen molar-refractivity contribution in [3.8, 4) is 0 Å².